The largest absolute Gasteiger partial charge is 0.487 e. The highest BCUT2D eigenvalue weighted by molar-refractivity contribution is 6.32. The molecule has 4 rings (SSSR count). The molecule has 7 nitrogen and oxygen atoms in total. The number of nitrogens with zero attached hydrogens (tertiary/aromatic N) is 3. The normalized spacial score (nSPS) is 14.1. The van der Waals surface area contributed by atoms with E-state index in [1.807, 2.05) is 17.0 Å². The van der Waals surface area contributed by atoms with Crippen molar-refractivity contribution in [2.75, 3.05) is 26.2 Å². The first kappa shape index (κ1) is 23.7. The predicted molar refractivity (Wildman–Crippen MR) is 126 cm³/mol. The van der Waals surface area contributed by atoms with E-state index in [1.165, 1.54) is 30.3 Å². The number of carbonyl (C=O) groups is 1. The van der Waals surface area contributed by atoms with Gasteiger partial charge in [0.1, 0.15) is 18.2 Å². The van der Waals surface area contributed by atoms with Gasteiger partial charge in [-0.2, -0.15) is 0 Å². The molecule has 0 aromatic heterocycles. The molecular formula is C25H23ClFN3O4. The lowest BCUT2D eigenvalue weighted by Gasteiger charge is -2.34. The number of carbonyl (C=O) groups excluding carboxylic acids is 1. The monoisotopic (exact) mass is 483 g/mol. The molecule has 0 saturated carbocycles. The summed E-state index contributed by atoms with van der Waals surface area (Å²) in [6.45, 7) is 3.72. The summed E-state index contributed by atoms with van der Waals surface area (Å²) < 4.78 is 18.7. The summed E-state index contributed by atoms with van der Waals surface area (Å²) in [5.74, 6) is 0.0881. The lowest BCUT2D eigenvalue weighted by Crippen LogP contribution is -2.48. The molecule has 0 radical (unpaired) electrons. The second kappa shape index (κ2) is 10.6. The maximum Gasteiger partial charge on any atom is 0.271 e. The van der Waals surface area contributed by atoms with E-state index in [2.05, 4.69) is 4.90 Å². The van der Waals surface area contributed by atoms with Crippen LogP contribution >= 0.6 is 11.6 Å². The molecule has 0 atom stereocenters. The van der Waals surface area contributed by atoms with Gasteiger partial charge in [-0.1, -0.05) is 35.9 Å². The average Bonchev–Trinajstić information content (AvgIpc) is 2.85. The van der Waals surface area contributed by atoms with Crippen molar-refractivity contribution in [3.8, 4) is 5.75 Å². The Bertz CT molecular complexity index is 1160. The van der Waals surface area contributed by atoms with E-state index < -0.39 is 4.92 Å². The Labute approximate surface area is 201 Å². The van der Waals surface area contributed by atoms with E-state index in [-0.39, 0.29) is 29.0 Å². The van der Waals surface area contributed by atoms with Crippen molar-refractivity contribution in [1.82, 2.24) is 9.80 Å². The quantitative estimate of drug-likeness (QED) is 0.352. The number of piperazine rings is 1. The summed E-state index contributed by atoms with van der Waals surface area (Å²) >= 11 is 6.06. The van der Waals surface area contributed by atoms with Crippen LogP contribution in [0.5, 0.6) is 5.75 Å². The molecule has 0 bridgehead atoms. The number of hydrogen-bond acceptors (Lipinski definition) is 5. The van der Waals surface area contributed by atoms with E-state index in [1.54, 1.807) is 24.3 Å². The Kier molecular flexibility index (Phi) is 7.40. The average molecular weight is 484 g/mol. The molecule has 1 aliphatic rings. The first-order valence-corrected chi connectivity index (χ1v) is 11.2. The summed E-state index contributed by atoms with van der Waals surface area (Å²) in [6.07, 6.45) is 0. The molecule has 1 fully saturated rings. The number of ether oxygens (including phenoxy) is 1. The molecular weight excluding hydrogens is 461 g/mol. The predicted octanol–water partition coefficient (Wildman–Crippen LogP) is 4.92. The van der Waals surface area contributed by atoms with Crippen LogP contribution in [-0.4, -0.2) is 46.8 Å². The number of nitro groups is 1. The van der Waals surface area contributed by atoms with Crippen molar-refractivity contribution in [3.63, 3.8) is 0 Å². The molecule has 1 amide bonds. The third-order valence-corrected chi connectivity index (χ3v) is 6.00. The fourth-order valence-corrected chi connectivity index (χ4v) is 3.99. The summed E-state index contributed by atoms with van der Waals surface area (Å²) in [4.78, 5) is 27.3. The zero-order valence-electron chi connectivity index (χ0n) is 18.3. The molecule has 3 aromatic rings. The van der Waals surface area contributed by atoms with Gasteiger partial charge >= 0.3 is 0 Å². The van der Waals surface area contributed by atoms with Gasteiger partial charge < -0.3 is 9.64 Å². The second-order valence-corrected chi connectivity index (χ2v) is 8.46. The molecule has 34 heavy (non-hydrogen) atoms. The topological polar surface area (TPSA) is 75.9 Å². The third kappa shape index (κ3) is 5.89. The number of halogens is 2. The molecule has 9 heteroatoms. The number of nitro benzene ring substituents is 1. The highest BCUT2D eigenvalue weighted by atomic mass is 35.5. The smallest absolute Gasteiger partial charge is 0.271 e. The number of non-ortho nitro benzene ring substituents is 1. The molecule has 0 spiro atoms. The third-order valence-electron chi connectivity index (χ3n) is 5.70. The molecule has 1 saturated heterocycles. The van der Waals surface area contributed by atoms with Crippen LogP contribution in [0.2, 0.25) is 5.02 Å². The minimum Gasteiger partial charge on any atom is -0.487 e. The van der Waals surface area contributed by atoms with Crippen LogP contribution in [0.1, 0.15) is 21.5 Å². The van der Waals surface area contributed by atoms with Crippen LogP contribution in [0.3, 0.4) is 0 Å². The number of rotatable bonds is 7. The molecule has 3 aromatic carbocycles. The SMILES string of the molecule is O=C(c1ccc(COc2ccc([N+](=O)[O-])cc2Cl)cc1)N1CCN(Cc2ccc(F)cc2)CC1. The van der Waals surface area contributed by atoms with Gasteiger partial charge in [0.15, 0.2) is 0 Å². The van der Waals surface area contributed by atoms with Crippen molar-refractivity contribution in [2.45, 2.75) is 13.2 Å². The zero-order chi connectivity index (χ0) is 24.1. The van der Waals surface area contributed by atoms with Crippen LogP contribution in [0.4, 0.5) is 10.1 Å². The Hall–Kier alpha value is -3.49. The fraction of sp³-hybridized carbons (Fsp3) is 0.240. The molecule has 1 heterocycles. The highest BCUT2D eigenvalue weighted by Gasteiger charge is 2.22. The van der Waals surface area contributed by atoms with Crippen LogP contribution in [0.25, 0.3) is 0 Å². The summed E-state index contributed by atoms with van der Waals surface area (Å²) in [7, 11) is 0. The number of hydrogen-bond donors (Lipinski definition) is 0. The van der Waals surface area contributed by atoms with Gasteiger partial charge in [-0.15, -0.1) is 0 Å². The molecule has 1 aliphatic heterocycles. The second-order valence-electron chi connectivity index (χ2n) is 8.05. The summed E-state index contributed by atoms with van der Waals surface area (Å²) in [5.41, 5.74) is 2.39. The van der Waals surface area contributed by atoms with Crippen LogP contribution in [-0.2, 0) is 13.2 Å². The standard InChI is InChI=1S/C25H23ClFN3O4/c26-23-15-22(30(32)33)9-10-24(23)34-17-19-1-5-20(6-2-19)25(31)29-13-11-28(12-14-29)16-18-3-7-21(27)8-4-18/h1-10,15H,11-14,16-17H2. The van der Waals surface area contributed by atoms with Crippen LogP contribution in [0.15, 0.2) is 66.7 Å². The van der Waals surface area contributed by atoms with Crippen molar-refractivity contribution >= 4 is 23.2 Å². The highest BCUT2D eigenvalue weighted by Crippen LogP contribution is 2.29. The maximum atomic E-state index is 13.1. The summed E-state index contributed by atoms with van der Waals surface area (Å²) in [6, 6.07) is 17.7. The van der Waals surface area contributed by atoms with Gasteiger partial charge in [0, 0.05) is 50.4 Å². The van der Waals surface area contributed by atoms with Gasteiger partial charge in [0.05, 0.1) is 9.95 Å². The summed E-state index contributed by atoms with van der Waals surface area (Å²) in [5, 5.41) is 11.0. The van der Waals surface area contributed by atoms with E-state index in [4.69, 9.17) is 16.3 Å². The van der Waals surface area contributed by atoms with E-state index >= 15 is 0 Å². The lowest BCUT2D eigenvalue weighted by atomic mass is 10.1. The minimum atomic E-state index is -0.517. The van der Waals surface area contributed by atoms with Gasteiger partial charge in [-0.3, -0.25) is 19.8 Å². The molecule has 0 unspecified atom stereocenters. The van der Waals surface area contributed by atoms with Crippen molar-refractivity contribution in [1.29, 1.82) is 0 Å². The van der Waals surface area contributed by atoms with Gasteiger partial charge in [-0.25, -0.2) is 4.39 Å². The maximum absolute atomic E-state index is 13.1. The Morgan fingerprint density at radius 2 is 1.62 bits per heavy atom. The van der Waals surface area contributed by atoms with Gasteiger partial charge in [-0.05, 0) is 41.5 Å². The van der Waals surface area contributed by atoms with Crippen LogP contribution < -0.4 is 4.74 Å². The fourth-order valence-electron chi connectivity index (χ4n) is 3.76. The van der Waals surface area contributed by atoms with E-state index in [9.17, 15) is 19.3 Å². The zero-order valence-corrected chi connectivity index (χ0v) is 19.1. The first-order chi connectivity index (χ1) is 16.4. The number of amides is 1. The molecule has 0 N–H and O–H groups in total. The Balaban J connectivity index is 1.28. The van der Waals surface area contributed by atoms with Crippen molar-refractivity contribution in [3.05, 3.63) is 104 Å². The van der Waals surface area contributed by atoms with Crippen molar-refractivity contribution in [2.24, 2.45) is 0 Å². The van der Waals surface area contributed by atoms with Gasteiger partial charge in [0.25, 0.3) is 11.6 Å². The number of benzene rings is 3. The molecule has 176 valence electrons. The van der Waals surface area contributed by atoms with E-state index in [0.29, 0.717) is 24.4 Å². The van der Waals surface area contributed by atoms with E-state index in [0.717, 1.165) is 30.8 Å². The van der Waals surface area contributed by atoms with Gasteiger partial charge in [0.2, 0.25) is 0 Å². The van der Waals surface area contributed by atoms with Crippen molar-refractivity contribution < 1.29 is 18.8 Å². The Morgan fingerprint density at radius 1 is 0.971 bits per heavy atom. The lowest BCUT2D eigenvalue weighted by molar-refractivity contribution is -0.384. The first-order valence-electron chi connectivity index (χ1n) is 10.8. The minimum absolute atomic E-state index is 0.0210. The molecule has 0 aliphatic carbocycles. The Morgan fingerprint density at radius 3 is 2.24 bits per heavy atom. The van der Waals surface area contributed by atoms with Crippen LogP contribution in [0, 0.1) is 15.9 Å².